The molecule has 1 aromatic carbocycles. The van der Waals surface area contributed by atoms with Crippen molar-refractivity contribution in [1.82, 2.24) is 5.32 Å². The molecule has 0 spiro atoms. The fourth-order valence-electron chi connectivity index (χ4n) is 2.01. The molecule has 0 fully saturated rings. The van der Waals surface area contributed by atoms with E-state index < -0.39 is 0 Å². The maximum absolute atomic E-state index is 5.78. The van der Waals surface area contributed by atoms with E-state index in [1.807, 2.05) is 0 Å². The van der Waals surface area contributed by atoms with E-state index in [1.54, 1.807) is 0 Å². The average molecular weight is 263 g/mol. The summed E-state index contributed by atoms with van der Waals surface area (Å²) in [6, 6.07) is 9.07. The van der Waals surface area contributed by atoms with Gasteiger partial charge in [-0.2, -0.15) is 0 Å². The first kappa shape index (κ1) is 16.0. The maximum atomic E-state index is 5.78. The third kappa shape index (κ3) is 5.23. The van der Waals surface area contributed by atoms with Crippen LogP contribution in [0.1, 0.15) is 53.0 Å². The van der Waals surface area contributed by atoms with Crippen LogP contribution in [-0.4, -0.2) is 19.2 Å². The Hall–Kier alpha value is -1.02. The predicted octanol–water partition coefficient (Wildman–Crippen LogP) is 4.14. The topological polar surface area (TPSA) is 21.3 Å². The quantitative estimate of drug-likeness (QED) is 0.761. The second kappa shape index (κ2) is 7.54. The summed E-state index contributed by atoms with van der Waals surface area (Å²) < 4.78 is 5.78. The molecule has 0 aliphatic heterocycles. The monoisotopic (exact) mass is 263 g/mol. The van der Waals surface area contributed by atoms with Crippen molar-refractivity contribution < 1.29 is 4.74 Å². The summed E-state index contributed by atoms with van der Waals surface area (Å²) in [6.45, 7) is 12.9. The Balaban J connectivity index is 2.45. The van der Waals surface area contributed by atoms with Crippen LogP contribution in [0.4, 0.5) is 0 Å². The summed E-state index contributed by atoms with van der Waals surface area (Å²) in [5, 5.41) is 3.39. The Bertz CT molecular complexity index is 356. The van der Waals surface area contributed by atoms with Crippen molar-refractivity contribution in [3.05, 3.63) is 29.8 Å². The first-order chi connectivity index (χ1) is 8.99. The van der Waals surface area contributed by atoms with Crippen molar-refractivity contribution in [3.8, 4) is 5.75 Å². The maximum Gasteiger partial charge on any atom is 0.119 e. The predicted molar refractivity (Wildman–Crippen MR) is 83.0 cm³/mol. The van der Waals surface area contributed by atoms with E-state index in [-0.39, 0.29) is 5.41 Å². The minimum absolute atomic E-state index is 0.248. The summed E-state index contributed by atoms with van der Waals surface area (Å²) in [7, 11) is 0. The highest BCUT2D eigenvalue weighted by molar-refractivity contribution is 5.31. The standard InChI is InChI=1S/C17H29NO/c1-6-17(4,5)15-8-10-16(11-9-15)19-13-12-14(3)18-7-2/h8-11,14,18H,6-7,12-13H2,1-5H3. The molecule has 0 aliphatic carbocycles. The van der Waals surface area contributed by atoms with Crippen LogP contribution in [0.5, 0.6) is 5.75 Å². The highest BCUT2D eigenvalue weighted by atomic mass is 16.5. The van der Waals surface area contributed by atoms with Gasteiger partial charge in [-0.05, 0) is 49.4 Å². The number of hydrogen-bond donors (Lipinski definition) is 1. The SMILES string of the molecule is CCNC(C)CCOc1ccc(C(C)(C)CC)cc1. The van der Waals surface area contributed by atoms with Crippen molar-refractivity contribution in [3.63, 3.8) is 0 Å². The van der Waals surface area contributed by atoms with Gasteiger partial charge in [-0.1, -0.05) is 39.8 Å². The van der Waals surface area contributed by atoms with Gasteiger partial charge in [0.25, 0.3) is 0 Å². The fourth-order valence-corrected chi connectivity index (χ4v) is 2.01. The van der Waals surface area contributed by atoms with Crippen molar-refractivity contribution in [2.75, 3.05) is 13.2 Å². The van der Waals surface area contributed by atoms with Crippen molar-refractivity contribution in [2.45, 2.75) is 58.9 Å². The molecule has 1 unspecified atom stereocenters. The highest BCUT2D eigenvalue weighted by Gasteiger charge is 2.17. The highest BCUT2D eigenvalue weighted by Crippen LogP contribution is 2.28. The summed E-state index contributed by atoms with van der Waals surface area (Å²) >= 11 is 0. The third-order valence-corrected chi connectivity index (χ3v) is 3.89. The lowest BCUT2D eigenvalue weighted by Crippen LogP contribution is -2.27. The zero-order chi connectivity index (χ0) is 14.3. The molecule has 0 heterocycles. The summed E-state index contributed by atoms with van der Waals surface area (Å²) in [6.07, 6.45) is 2.18. The van der Waals surface area contributed by atoms with Gasteiger partial charge >= 0.3 is 0 Å². The first-order valence-electron chi connectivity index (χ1n) is 7.46. The van der Waals surface area contributed by atoms with Crippen molar-refractivity contribution >= 4 is 0 Å². The number of ether oxygens (including phenoxy) is 1. The van der Waals surface area contributed by atoms with Crippen LogP contribution in [0.3, 0.4) is 0 Å². The molecule has 2 nitrogen and oxygen atoms in total. The number of benzene rings is 1. The van der Waals surface area contributed by atoms with Crippen LogP contribution in [0.15, 0.2) is 24.3 Å². The van der Waals surface area contributed by atoms with Gasteiger partial charge < -0.3 is 10.1 Å². The minimum atomic E-state index is 0.248. The van der Waals surface area contributed by atoms with Gasteiger partial charge in [-0.3, -0.25) is 0 Å². The molecular formula is C17H29NO. The molecule has 1 N–H and O–H groups in total. The van der Waals surface area contributed by atoms with E-state index >= 15 is 0 Å². The van der Waals surface area contributed by atoms with Crippen molar-refractivity contribution in [2.24, 2.45) is 0 Å². The van der Waals surface area contributed by atoms with Gasteiger partial charge in [0.05, 0.1) is 6.61 Å². The molecule has 0 saturated carbocycles. The second-order valence-corrected chi connectivity index (χ2v) is 5.86. The lowest BCUT2D eigenvalue weighted by molar-refractivity contribution is 0.291. The minimum Gasteiger partial charge on any atom is -0.494 e. The Morgan fingerprint density at radius 3 is 2.32 bits per heavy atom. The zero-order valence-electron chi connectivity index (χ0n) is 13.1. The normalized spacial score (nSPS) is 13.3. The largest absolute Gasteiger partial charge is 0.494 e. The summed E-state index contributed by atoms with van der Waals surface area (Å²) in [5.74, 6) is 0.972. The molecule has 0 aliphatic rings. The first-order valence-corrected chi connectivity index (χ1v) is 7.46. The molecular weight excluding hydrogens is 234 g/mol. The molecule has 1 rings (SSSR count). The molecule has 0 radical (unpaired) electrons. The van der Waals surface area contributed by atoms with E-state index in [2.05, 4.69) is 64.2 Å². The average Bonchev–Trinajstić information content (AvgIpc) is 2.40. The molecule has 0 amide bonds. The molecule has 108 valence electrons. The third-order valence-electron chi connectivity index (χ3n) is 3.89. The number of hydrogen-bond acceptors (Lipinski definition) is 2. The Morgan fingerprint density at radius 2 is 1.79 bits per heavy atom. The lowest BCUT2D eigenvalue weighted by Gasteiger charge is -2.23. The van der Waals surface area contributed by atoms with Crippen molar-refractivity contribution in [1.29, 1.82) is 0 Å². The van der Waals surface area contributed by atoms with Gasteiger partial charge in [0.1, 0.15) is 5.75 Å². The second-order valence-electron chi connectivity index (χ2n) is 5.86. The van der Waals surface area contributed by atoms with Crippen LogP contribution < -0.4 is 10.1 Å². The molecule has 19 heavy (non-hydrogen) atoms. The Labute approximate surface area is 118 Å². The van der Waals surface area contributed by atoms with Crippen LogP contribution >= 0.6 is 0 Å². The van der Waals surface area contributed by atoms with Gasteiger partial charge in [0.15, 0.2) is 0 Å². The molecule has 0 aromatic heterocycles. The van der Waals surface area contributed by atoms with Crippen LogP contribution in [0.25, 0.3) is 0 Å². The van der Waals surface area contributed by atoms with Gasteiger partial charge in [-0.15, -0.1) is 0 Å². The lowest BCUT2D eigenvalue weighted by atomic mass is 9.82. The van der Waals surface area contributed by atoms with Gasteiger partial charge in [0.2, 0.25) is 0 Å². The zero-order valence-corrected chi connectivity index (χ0v) is 13.1. The van der Waals surface area contributed by atoms with Crippen LogP contribution in [-0.2, 0) is 5.41 Å². The molecule has 1 atom stereocenters. The number of nitrogens with one attached hydrogen (secondary N) is 1. The molecule has 2 heteroatoms. The Morgan fingerprint density at radius 1 is 1.16 bits per heavy atom. The summed E-state index contributed by atoms with van der Waals surface area (Å²) in [4.78, 5) is 0. The smallest absolute Gasteiger partial charge is 0.119 e. The molecule has 0 bridgehead atoms. The van der Waals surface area contributed by atoms with E-state index in [1.165, 1.54) is 5.56 Å². The van der Waals surface area contributed by atoms with Crippen LogP contribution in [0.2, 0.25) is 0 Å². The summed E-state index contributed by atoms with van der Waals surface area (Å²) in [5.41, 5.74) is 1.63. The number of rotatable bonds is 8. The van der Waals surface area contributed by atoms with E-state index in [0.717, 1.165) is 31.7 Å². The van der Waals surface area contributed by atoms with E-state index in [0.29, 0.717) is 6.04 Å². The molecule has 1 aromatic rings. The van der Waals surface area contributed by atoms with E-state index in [4.69, 9.17) is 4.74 Å². The van der Waals surface area contributed by atoms with Gasteiger partial charge in [-0.25, -0.2) is 0 Å². The Kier molecular flexibility index (Phi) is 6.36. The van der Waals surface area contributed by atoms with E-state index in [9.17, 15) is 0 Å². The van der Waals surface area contributed by atoms with Gasteiger partial charge in [0, 0.05) is 6.04 Å². The van der Waals surface area contributed by atoms with Crippen LogP contribution in [0, 0.1) is 0 Å². The fraction of sp³-hybridized carbons (Fsp3) is 0.647. The molecule has 0 saturated heterocycles.